The summed E-state index contributed by atoms with van der Waals surface area (Å²) in [6.45, 7) is 3.06. The van der Waals surface area contributed by atoms with Crippen LogP contribution < -0.4 is 5.32 Å². The van der Waals surface area contributed by atoms with E-state index in [2.05, 4.69) is 24.9 Å². The maximum absolute atomic E-state index is 10.8. The van der Waals surface area contributed by atoms with E-state index in [4.69, 9.17) is 5.11 Å². The highest BCUT2D eigenvalue weighted by Crippen LogP contribution is 2.12. The molecule has 0 aliphatic carbocycles. The zero-order valence-electron chi connectivity index (χ0n) is 15.2. The number of carboxylic acid groups (broad SMARTS) is 1. The Morgan fingerprint density at radius 1 is 0.826 bits per heavy atom. The summed E-state index contributed by atoms with van der Waals surface area (Å²) in [4.78, 5) is 10.8. The van der Waals surface area contributed by atoms with Gasteiger partial charge in [-0.2, -0.15) is 12.6 Å². The van der Waals surface area contributed by atoms with Crippen LogP contribution in [0, 0.1) is 0 Å². The van der Waals surface area contributed by atoms with Crippen molar-refractivity contribution in [2.45, 2.75) is 103 Å². The van der Waals surface area contributed by atoms with Gasteiger partial charge in [-0.25, -0.2) is 0 Å². The third-order valence-corrected chi connectivity index (χ3v) is 4.77. The predicted octanol–water partition coefficient (Wildman–Crippen LogP) is 5.44. The van der Waals surface area contributed by atoms with Crippen molar-refractivity contribution in [2.24, 2.45) is 0 Å². The summed E-state index contributed by atoms with van der Waals surface area (Å²) >= 11 is 4.04. The molecule has 0 aromatic carbocycles. The standard InChI is InChI=1S/C19H39NO2S/c1-2-3-4-5-6-7-8-9-10-11-12-13-14-15-16-20-18(17-23)19(21)22/h18,20,23H,2-17H2,1H3,(H,21,22)/t18-/m1/s1. The van der Waals surface area contributed by atoms with Crippen LogP contribution in [0.4, 0.5) is 0 Å². The molecule has 0 amide bonds. The maximum Gasteiger partial charge on any atom is 0.321 e. The summed E-state index contributed by atoms with van der Waals surface area (Å²) in [6, 6.07) is -0.500. The first-order chi connectivity index (χ1) is 11.2. The lowest BCUT2D eigenvalue weighted by molar-refractivity contribution is -0.138. The summed E-state index contributed by atoms with van der Waals surface area (Å²) in [5.41, 5.74) is 0. The normalized spacial score (nSPS) is 12.4. The average Bonchev–Trinajstić information content (AvgIpc) is 2.54. The number of unbranched alkanes of at least 4 members (excludes halogenated alkanes) is 13. The molecule has 0 rings (SSSR count). The monoisotopic (exact) mass is 345 g/mol. The van der Waals surface area contributed by atoms with Crippen LogP contribution in [0.5, 0.6) is 0 Å². The number of carboxylic acids is 1. The summed E-state index contributed by atoms with van der Waals surface area (Å²) in [5.74, 6) is -0.445. The second-order valence-corrected chi connectivity index (χ2v) is 6.99. The average molecular weight is 346 g/mol. The van der Waals surface area contributed by atoms with E-state index in [0.29, 0.717) is 5.75 Å². The van der Waals surface area contributed by atoms with Gasteiger partial charge in [-0.05, 0) is 13.0 Å². The Morgan fingerprint density at radius 2 is 1.22 bits per heavy atom. The topological polar surface area (TPSA) is 49.3 Å². The van der Waals surface area contributed by atoms with Gasteiger partial charge >= 0.3 is 5.97 Å². The molecule has 0 aromatic heterocycles. The Morgan fingerprint density at radius 3 is 1.57 bits per heavy atom. The highest BCUT2D eigenvalue weighted by molar-refractivity contribution is 7.80. The van der Waals surface area contributed by atoms with Gasteiger partial charge in [0.25, 0.3) is 0 Å². The summed E-state index contributed by atoms with van der Waals surface area (Å²) in [6.07, 6.45) is 18.9. The molecule has 3 nitrogen and oxygen atoms in total. The van der Waals surface area contributed by atoms with Crippen molar-refractivity contribution in [2.75, 3.05) is 12.3 Å². The summed E-state index contributed by atoms with van der Waals surface area (Å²) in [5, 5.41) is 11.9. The summed E-state index contributed by atoms with van der Waals surface area (Å²) in [7, 11) is 0. The second-order valence-electron chi connectivity index (χ2n) is 6.62. The Kier molecular flexibility index (Phi) is 18.0. The second kappa shape index (κ2) is 18.1. The molecule has 138 valence electrons. The third kappa shape index (κ3) is 16.4. The lowest BCUT2D eigenvalue weighted by Gasteiger charge is -2.11. The molecule has 0 saturated heterocycles. The van der Waals surface area contributed by atoms with Crippen molar-refractivity contribution in [1.82, 2.24) is 5.32 Å². The van der Waals surface area contributed by atoms with Gasteiger partial charge in [0.1, 0.15) is 6.04 Å². The molecule has 0 unspecified atom stereocenters. The van der Waals surface area contributed by atoms with Crippen molar-refractivity contribution in [3.8, 4) is 0 Å². The van der Waals surface area contributed by atoms with Crippen LogP contribution >= 0.6 is 12.6 Å². The first kappa shape index (κ1) is 22.8. The van der Waals surface area contributed by atoms with E-state index in [1.54, 1.807) is 0 Å². The van der Waals surface area contributed by atoms with Gasteiger partial charge in [0, 0.05) is 5.75 Å². The molecule has 0 heterocycles. The number of aliphatic carboxylic acids is 1. The molecule has 0 saturated carbocycles. The highest BCUT2D eigenvalue weighted by atomic mass is 32.1. The van der Waals surface area contributed by atoms with Crippen molar-refractivity contribution < 1.29 is 9.90 Å². The SMILES string of the molecule is CCCCCCCCCCCCCCCCN[C@H](CS)C(=O)O. The molecule has 2 N–H and O–H groups in total. The van der Waals surface area contributed by atoms with E-state index in [1.807, 2.05) is 0 Å². The zero-order valence-corrected chi connectivity index (χ0v) is 16.1. The Labute approximate surface area is 149 Å². The van der Waals surface area contributed by atoms with Gasteiger partial charge in [-0.1, -0.05) is 90.4 Å². The summed E-state index contributed by atoms with van der Waals surface area (Å²) < 4.78 is 0. The number of rotatable bonds is 18. The first-order valence-corrected chi connectivity index (χ1v) is 10.4. The van der Waals surface area contributed by atoms with Gasteiger partial charge in [0.15, 0.2) is 0 Å². The molecule has 0 bridgehead atoms. The van der Waals surface area contributed by atoms with Crippen LogP contribution in [0.25, 0.3) is 0 Å². The molecule has 0 aromatic rings. The van der Waals surface area contributed by atoms with Gasteiger partial charge in [-0.3, -0.25) is 4.79 Å². The van der Waals surface area contributed by atoms with Crippen molar-refractivity contribution >= 4 is 18.6 Å². The smallest absolute Gasteiger partial charge is 0.321 e. The van der Waals surface area contributed by atoms with E-state index in [-0.39, 0.29) is 0 Å². The van der Waals surface area contributed by atoms with E-state index in [1.165, 1.54) is 83.5 Å². The van der Waals surface area contributed by atoms with Crippen LogP contribution in [0.15, 0.2) is 0 Å². The Hall–Kier alpha value is -0.220. The lowest BCUT2D eigenvalue weighted by atomic mass is 10.0. The minimum absolute atomic E-state index is 0.355. The fourth-order valence-corrected chi connectivity index (χ4v) is 3.11. The van der Waals surface area contributed by atoms with Crippen LogP contribution in [0.1, 0.15) is 96.8 Å². The molecule has 0 aliphatic heterocycles. The molecule has 1 atom stereocenters. The zero-order chi connectivity index (χ0) is 17.2. The third-order valence-electron chi connectivity index (χ3n) is 4.40. The maximum atomic E-state index is 10.8. The number of hydrogen-bond acceptors (Lipinski definition) is 3. The van der Waals surface area contributed by atoms with Crippen LogP contribution in [0.2, 0.25) is 0 Å². The first-order valence-electron chi connectivity index (χ1n) is 9.79. The fraction of sp³-hybridized carbons (Fsp3) is 0.947. The minimum Gasteiger partial charge on any atom is -0.480 e. The van der Waals surface area contributed by atoms with Gasteiger partial charge in [0.05, 0.1) is 0 Å². The minimum atomic E-state index is -0.801. The van der Waals surface area contributed by atoms with Gasteiger partial charge in [0.2, 0.25) is 0 Å². The van der Waals surface area contributed by atoms with Gasteiger partial charge in [-0.15, -0.1) is 0 Å². The number of nitrogens with one attached hydrogen (secondary N) is 1. The van der Waals surface area contributed by atoms with E-state index < -0.39 is 12.0 Å². The van der Waals surface area contributed by atoms with Crippen LogP contribution in [0.3, 0.4) is 0 Å². The molecule has 0 aliphatic rings. The quantitative estimate of drug-likeness (QED) is 0.229. The largest absolute Gasteiger partial charge is 0.480 e. The fourth-order valence-electron chi connectivity index (χ4n) is 2.83. The van der Waals surface area contributed by atoms with Crippen molar-refractivity contribution in [1.29, 1.82) is 0 Å². The molecule has 4 heteroatoms. The van der Waals surface area contributed by atoms with Crippen molar-refractivity contribution in [3.05, 3.63) is 0 Å². The predicted molar refractivity (Wildman–Crippen MR) is 104 cm³/mol. The number of carbonyl (C=O) groups is 1. The molecule has 0 radical (unpaired) electrons. The van der Waals surface area contributed by atoms with Crippen LogP contribution in [-0.4, -0.2) is 29.4 Å². The van der Waals surface area contributed by atoms with Gasteiger partial charge < -0.3 is 10.4 Å². The number of thiol groups is 1. The Balaban J connectivity index is 3.12. The molecular weight excluding hydrogens is 306 g/mol. The van der Waals surface area contributed by atoms with E-state index in [9.17, 15) is 4.79 Å². The highest BCUT2D eigenvalue weighted by Gasteiger charge is 2.13. The molecule has 0 fully saturated rings. The molecule has 0 spiro atoms. The van der Waals surface area contributed by atoms with E-state index >= 15 is 0 Å². The molecule has 23 heavy (non-hydrogen) atoms. The lowest BCUT2D eigenvalue weighted by Crippen LogP contribution is -2.38. The number of hydrogen-bond donors (Lipinski definition) is 3. The van der Waals surface area contributed by atoms with Crippen LogP contribution in [-0.2, 0) is 4.79 Å². The van der Waals surface area contributed by atoms with E-state index in [0.717, 1.165) is 13.0 Å². The van der Waals surface area contributed by atoms with Crippen molar-refractivity contribution in [3.63, 3.8) is 0 Å². The Bertz CT molecular complexity index is 262. The molecular formula is C19H39NO2S.